The highest BCUT2D eigenvalue weighted by molar-refractivity contribution is 9.10. The van der Waals surface area contributed by atoms with Crippen LogP contribution in [0.2, 0.25) is 5.02 Å². The van der Waals surface area contributed by atoms with Crippen LogP contribution in [0, 0.1) is 0 Å². The molecule has 2 N–H and O–H groups in total. The Bertz CT molecular complexity index is 509. The molecule has 2 aromatic rings. The molecule has 0 saturated carbocycles. The second-order valence-corrected chi connectivity index (χ2v) is 4.65. The van der Waals surface area contributed by atoms with Crippen LogP contribution in [-0.2, 0) is 0 Å². The first-order valence-electron chi connectivity index (χ1n) is 4.72. The Balaban J connectivity index is 2.47. The van der Waals surface area contributed by atoms with E-state index in [1.165, 1.54) is 0 Å². The predicted octanol–water partition coefficient (Wildman–Crippen LogP) is 2.70. The van der Waals surface area contributed by atoms with Crippen LogP contribution in [0.15, 0.2) is 28.9 Å². The fourth-order valence-corrected chi connectivity index (χ4v) is 1.89. The van der Waals surface area contributed by atoms with Crippen molar-refractivity contribution in [2.24, 2.45) is 5.73 Å². The average Bonchev–Trinajstić information content (AvgIpc) is 2.71. The summed E-state index contributed by atoms with van der Waals surface area (Å²) in [5.41, 5.74) is 7.30. The molecule has 2 rings (SSSR count). The SMILES string of the molecule is CC(N)c1cn(-c2cccc(Cl)c2Br)nn1. The molecule has 0 spiro atoms. The Hall–Kier alpha value is -0.910. The molecule has 1 heterocycles. The second kappa shape index (κ2) is 4.53. The largest absolute Gasteiger partial charge is 0.323 e. The Morgan fingerprint density at radius 1 is 1.50 bits per heavy atom. The highest BCUT2D eigenvalue weighted by Crippen LogP contribution is 2.28. The molecule has 1 unspecified atom stereocenters. The third-order valence-electron chi connectivity index (χ3n) is 2.16. The van der Waals surface area contributed by atoms with Crippen molar-refractivity contribution < 1.29 is 0 Å². The first-order valence-corrected chi connectivity index (χ1v) is 5.89. The third-order valence-corrected chi connectivity index (χ3v) is 3.53. The van der Waals surface area contributed by atoms with Crippen LogP contribution in [0.3, 0.4) is 0 Å². The van der Waals surface area contributed by atoms with Gasteiger partial charge in [-0.1, -0.05) is 22.9 Å². The van der Waals surface area contributed by atoms with Gasteiger partial charge in [-0.15, -0.1) is 5.10 Å². The second-order valence-electron chi connectivity index (χ2n) is 3.45. The van der Waals surface area contributed by atoms with Crippen LogP contribution in [0.4, 0.5) is 0 Å². The van der Waals surface area contributed by atoms with E-state index in [0.717, 1.165) is 15.9 Å². The maximum atomic E-state index is 6.00. The van der Waals surface area contributed by atoms with Gasteiger partial charge in [-0.3, -0.25) is 0 Å². The summed E-state index contributed by atoms with van der Waals surface area (Å²) < 4.78 is 2.44. The van der Waals surface area contributed by atoms with Crippen molar-refractivity contribution in [2.75, 3.05) is 0 Å². The fourth-order valence-electron chi connectivity index (χ4n) is 1.27. The van der Waals surface area contributed by atoms with E-state index in [1.54, 1.807) is 16.9 Å². The molecule has 4 nitrogen and oxygen atoms in total. The van der Waals surface area contributed by atoms with E-state index in [4.69, 9.17) is 17.3 Å². The third kappa shape index (κ3) is 2.11. The van der Waals surface area contributed by atoms with Gasteiger partial charge in [0.25, 0.3) is 0 Å². The Morgan fingerprint density at radius 2 is 2.25 bits per heavy atom. The summed E-state index contributed by atoms with van der Waals surface area (Å²) in [6, 6.07) is 5.43. The van der Waals surface area contributed by atoms with Crippen LogP contribution in [0.5, 0.6) is 0 Å². The van der Waals surface area contributed by atoms with Gasteiger partial charge < -0.3 is 5.73 Å². The molecule has 16 heavy (non-hydrogen) atoms. The Kier molecular flexibility index (Phi) is 3.28. The molecule has 0 saturated heterocycles. The molecule has 0 fully saturated rings. The number of rotatable bonds is 2. The Labute approximate surface area is 107 Å². The number of hydrogen-bond donors (Lipinski definition) is 1. The number of hydrogen-bond acceptors (Lipinski definition) is 3. The van der Waals surface area contributed by atoms with Gasteiger partial charge in [0.1, 0.15) is 0 Å². The van der Waals surface area contributed by atoms with Crippen LogP contribution in [-0.4, -0.2) is 15.0 Å². The van der Waals surface area contributed by atoms with Crippen molar-refractivity contribution in [3.8, 4) is 5.69 Å². The minimum atomic E-state index is -0.133. The molecule has 1 aromatic heterocycles. The predicted molar refractivity (Wildman–Crippen MR) is 66.7 cm³/mol. The summed E-state index contributed by atoms with van der Waals surface area (Å²) in [6.07, 6.45) is 1.79. The van der Waals surface area contributed by atoms with Gasteiger partial charge in [-0.2, -0.15) is 0 Å². The zero-order chi connectivity index (χ0) is 11.7. The first-order chi connectivity index (χ1) is 7.59. The molecule has 0 bridgehead atoms. The maximum absolute atomic E-state index is 6.00. The van der Waals surface area contributed by atoms with E-state index in [9.17, 15) is 0 Å². The van der Waals surface area contributed by atoms with Crippen LogP contribution < -0.4 is 5.73 Å². The summed E-state index contributed by atoms with van der Waals surface area (Å²) in [5, 5.41) is 8.63. The Morgan fingerprint density at radius 3 is 2.88 bits per heavy atom. The molecule has 1 atom stereocenters. The van der Waals surface area contributed by atoms with E-state index in [-0.39, 0.29) is 6.04 Å². The molecule has 1 aromatic carbocycles. The fraction of sp³-hybridized carbons (Fsp3) is 0.200. The zero-order valence-electron chi connectivity index (χ0n) is 8.56. The summed E-state index contributed by atoms with van der Waals surface area (Å²) in [5.74, 6) is 0. The van der Waals surface area contributed by atoms with Gasteiger partial charge in [0.15, 0.2) is 0 Å². The van der Waals surface area contributed by atoms with Crippen molar-refractivity contribution in [3.05, 3.63) is 39.6 Å². The quantitative estimate of drug-likeness (QED) is 0.928. The number of nitrogens with zero attached hydrogens (tertiary/aromatic N) is 3. The number of nitrogens with two attached hydrogens (primary N) is 1. The van der Waals surface area contributed by atoms with Crippen LogP contribution >= 0.6 is 27.5 Å². The van der Waals surface area contributed by atoms with E-state index >= 15 is 0 Å². The number of benzene rings is 1. The summed E-state index contributed by atoms with van der Waals surface area (Å²) in [7, 11) is 0. The number of aromatic nitrogens is 3. The van der Waals surface area contributed by atoms with Crippen molar-refractivity contribution >= 4 is 27.5 Å². The molecule has 84 valence electrons. The molecule has 0 aliphatic carbocycles. The van der Waals surface area contributed by atoms with E-state index in [0.29, 0.717) is 5.02 Å². The van der Waals surface area contributed by atoms with Gasteiger partial charge in [0.05, 0.1) is 27.1 Å². The highest BCUT2D eigenvalue weighted by Gasteiger charge is 2.10. The van der Waals surface area contributed by atoms with Gasteiger partial charge in [0.2, 0.25) is 0 Å². The lowest BCUT2D eigenvalue weighted by Gasteiger charge is -2.04. The van der Waals surface area contributed by atoms with E-state index in [1.807, 2.05) is 19.1 Å². The standard InChI is InChI=1S/C10H10BrClN4/c1-6(13)8-5-16(15-14-8)9-4-2-3-7(12)10(9)11/h2-6H,13H2,1H3. The average molecular weight is 302 g/mol. The summed E-state index contributed by atoms with van der Waals surface area (Å²) in [6.45, 7) is 1.86. The lowest BCUT2D eigenvalue weighted by atomic mass is 10.3. The molecule has 6 heteroatoms. The topological polar surface area (TPSA) is 56.7 Å². The minimum Gasteiger partial charge on any atom is -0.323 e. The molecule has 0 amide bonds. The summed E-state index contributed by atoms with van der Waals surface area (Å²) >= 11 is 9.41. The van der Waals surface area contributed by atoms with Crippen molar-refractivity contribution in [3.63, 3.8) is 0 Å². The first kappa shape index (κ1) is 11.6. The molecule has 0 aliphatic heterocycles. The lowest BCUT2D eigenvalue weighted by Crippen LogP contribution is -2.04. The van der Waals surface area contributed by atoms with Crippen LogP contribution in [0.25, 0.3) is 5.69 Å². The monoisotopic (exact) mass is 300 g/mol. The lowest BCUT2D eigenvalue weighted by molar-refractivity contribution is 0.756. The normalized spacial score (nSPS) is 12.8. The van der Waals surface area contributed by atoms with Crippen molar-refractivity contribution in [1.82, 2.24) is 15.0 Å². The van der Waals surface area contributed by atoms with E-state index in [2.05, 4.69) is 26.2 Å². The van der Waals surface area contributed by atoms with Gasteiger partial charge in [-0.05, 0) is 35.0 Å². The van der Waals surface area contributed by atoms with E-state index < -0.39 is 0 Å². The smallest absolute Gasteiger partial charge is 0.0995 e. The summed E-state index contributed by atoms with van der Waals surface area (Å²) in [4.78, 5) is 0. The van der Waals surface area contributed by atoms with Gasteiger partial charge in [0, 0.05) is 6.04 Å². The molecular formula is C10H10BrClN4. The van der Waals surface area contributed by atoms with Crippen LogP contribution in [0.1, 0.15) is 18.7 Å². The van der Waals surface area contributed by atoms with Gasteiger partial charge in [-0.25, -0.2) is 4.68 Å². The van der Waals surface area contributed by atoms with Crippen molar-refractivity contribution in [2.45, 2.75) is 13.0 Å². The molecule has 0 radical (unpaired) electrons. The zero-order valence-corrected chi connectivity index (χ0v) is 10.9. The molecule has 0 aliphatic rings. The maximum Gasteiger partial charge on any atom is 0.0995 e. The van der Waals surface area contributed by atoms with Crippen molar-refractivity contribution in [1.29, 1.82) is 0 Å². The van der Waals surface area contributed by atoms with Gasteiger partial charge >= 0.3 is 0 Å². The molecular weight excluding hydrogens is 291 g/mol. The highest BCUT2D eigenvalue weighted by atomic mass is 79.9. The number of halogens is 2. The minimum absolute atomic E-state index is 0.133.